The Labute approximate surface area is 155 Å². The monoisotopic (exact) mass is 370 g/mol. The molecule has 1 atom stereocenters. The van der Waals surface area contributed by atoms with Gasteiger partial charge in [0, 0.05) is 23.0 Å². The minimum Gasteiger partial charge on any atom is -0.331 e. The summed E-state index contributed by atoms with van der Waals surface area (Å²) >= 11 is 1.49. The van der Waals surface area contributed by atoms with Crippen molar-refractivity contribution in [1.29, 1.82) is 0 Å². The number of amides is 2. The summed E-state index contributed by atoms with van der Waals surface area (Å²) in [5, 5.41) is 2.73. The summed E-state index contributed by atoms with van der Waals surface area (Å²) < 4.78 is 13.5. The Balaban J connectivity index is 1.59. The molecule has 0 saturated heterocycles. The first kappa shape index (κ1) is 17.1. The lowest BCUT2D eigenvalue weighted by atomic mass is 10.1. The highest BCUT2D eigenvalue weighted by atomic mass is 32.2. The lowest BCUT2D eigenvalue weighted by Gasteiger charge is -2.25. The topological polar surface area (TPSA) is 49.4 Å². The number of carbonyl (C=O) groups is 2. The number of hydrogen-bond acceptors (Lipinski definition) is 3. The van der Waals surface area contributed by atoms with Gasteiger partial charge >= 0.3 is 0 Å². The van der Waals surface area contributed by atoms with Gasteiger partial charge in [0.25, 0.3) is 5.91 Å². The maximum Gasteiger partial charge on any atom is 0.254 e. The van der Waals surface area contributed by atoms with E-state index >= 15 is 0 Å². The molecule has 1 unspecified atom stereocenters. The SMILES string of the molecule is CC1Sc2ccc(C(=O)N(Cc3cccc(F)c3)C3CC3)cc2NC1=O. The second-order valence-electron chi connectivity index (χ2n) is 6.75. The third-order valence-electron chi connectivity index (χ3n) is 4.65. The Morgan fingerprint density at radius 1 is 1.27 bits per heavy atom. The summed E-state index contributed by atoms with van der Waals surface area (Å²) in [6.45, 7) is 2.24. The molecule has 1 fully saturated rings. The van der Waals surface area contributed by atoms with Crippen LogP contribution in [0, 0.1) is 5.82 Å². The van der Waals surface area contributed by atoms with Crippen LogP contribution in [0.1, 0.15) is 35.7 Å². The van der Waals surface area contributed by atoms with Crippen molar-refractivity contribution >= 4 is 29.3 Å². The predicted octanol–water partition coefficient (Wildman–Crippen LogP) is 4.06. The average Bonchev–Trinajstić information content (AvgIpc) is 3.45. The smallest absolute Gasteiger partial charge is 0.254 e. The van der Waals surface area contributed by atoms with Crippen molar-refractivity contribution in [3.8, 4) is 0 Å². The zero-order chi connectivity index (χ0) is 18.3. The number of nitrogens with zero attached hydrogens (tertiary/aromatic N) is 1. The minimum absolute atomic E-state index is 0.0501. The highest BCUT2D eigenvalue weighted by Crippen LogP contribution is 2.37. The Kier molecular flexibility index (Phi) is 4.44. The van der Waals surface area contributed by atoms with Gasteiger partial charge in [0.05, 0.1) is 10.9 Å². The van der Waals surface area contributed by atoms with E-state index in [-0.39, 0.29) is 28.9 Å². The van der Waals surface area contributed by atoms with Gasteiger partial charge in [-0.2, -0.15) is 0 Å². The molecule has 2 amide bonds. The summed E-state index contributed by atoms with van der Waals surface area (Å²) in [6.07, 6.45) is 1.94. The van der Waals surface area contributed by atoms with E-state index in [9.17, 15) is 14.0 Å². The molecular weight excluding hydrogens is 351 g/mol. The fourth-order valence-corrected chi connectivity index (χ4v) is 4.02. The van der Waals surface area contributed by atoms with Crippen LogP contribution in [0.5, 0.6) is 0 Å². The van der Waals surface area contributed by atoms with Gasteiger partial charge in [0.15, 0.2) is 0 Å². The van der Waals surface area contributed by atoms with Crippen LogP contribution in [0.3, 0.4) is 0 Å². The van der Waals surface area contributed by atoms with Crippen LogP contribution in [-0.4, -0.2) is 28.0 Å². The van der Waals surface area contributed by atoms with E-state index in [1.54, 1.807) is 23.1 Å². The molecule has 2 aromatic rings. The molecule has 1 saturated carbocycles. The number of fused-ring (bicyclic) bond motifs is 1. The summed E-state index contributed by atoms with van der Waals surface area (Å²) in [6, 6.07) is 12.0. The lowest BCUT2D eigenvalue weighted by molar-refractivity contribution is -0.115. The molecule has 1 N–H and O–H groups in total. The zero-order valence-electron chi connectivity index (χ0n) is 14.4. The first-order chi connectivity index (χ1) is 12.5. The number of halogens is 1. The molecule has 134 valence electrons. The standard InChI is InChI=1S/C20H19FN2O2S/c1-12-19(24)22-17-10-14(5-8-18(17)26-12)20(25)23(16-6-7-16)11-13-3-2-4-15(21)9-13/h2-5,8-10,12,16H,6-7,11H2,1H3,(H,22,24). The van der Waals surface area contributed by atoms with E-state index in [0.29, 0.717) is 17.8 Å². The van der Waals surface area contributed by atoms with Crippen LogP contribution in [0.2, 0.25) is 0 Å². The van der Waals surface area contributed by atoms with E-state index in [2.05, 4.69) is 5.32 Å². The second-order valence-corrected chi connectivity index (χ2v) is 8.14. The first-order valence-electron chi connectivity index (χ1n) is 8.68. The van der Waals surface area contributed by atoms with Crippen molar-refractivity contribution < 1.29 is 14.0 Å². The molecule has 4 rings (SSSR count). The molecule has 0 aromatic heterocycles. The van der Waals surface area contributed by atoms with Gasteiger partial charge in [-0.15, -0.1) is 11.8 Å². The van der Waals surface area contributed by atoms with Crippen LogP contribution in [0.15, 0.2) is 47.4 Å². The molecular formula is C20H19FN2O2S. The van der Waals surface area contributed by atoms with Gasteiger partial charge in [0.2, 0.25) is 5.91 Å². The molecule has 1 aliphatic heterocycles. The summed E-state index contributed by atoms with van der Waals surface area (Å²) in [4.78, 5) is 27.7. The van der Waals surface area contributed by atoms with Crippen LogP contribution >= 0.6 is 11.8 Å². The highest BCUT2D eigenvalue weighted by molar-refractivity contribution is 8.00. The third-order valence-corrected chi connectivity index (χ3v) is 5.83. The van der Waals surface area contributed by atoms with Gasteiger partial charge < -0.3 is 10.2 Å². The Bertz CT molecular complexity index is 882. The van der Waals surface area contributed by atoms with Crippen LogP contribution in [-0.2, 0) is 11.3 Å². The van der Waals surface area contributed by atoms with Crippen LogP contribution in [0.25, 0.3) is 0 Å². The zero-order valence-corrected chi connectivity index (χ0v) is 15.2. The van der Waals surface area contributed by atoms with Crippen LogP contribution in [0.4, 0.5) is 10.1 Å². The van der Waals surface area contributed by atoms with E-state index in [1.807, 2.05) is 19.1 Å². The molecule has 26 heavy (non-hydrogen) atoms. The second kappa shape index (κ2) is 6.76. The van der Waals surface area contributed by atoms with E-state index in [4.69, 9.17) is 0 Å². The fraction of sp³-hybridized carbons (Fsp3) is 0.300. The van der Waals surface area contributed by atoms with Crippen molar-refractivity contribution in [2.75, 3.05) is 5.32 Å². The normalized spacial score (nSPS) is 18.8. The van der Waals surface area contributed by atoms with Crippen molar-refractivity contribution in [1.82, 2.24) is 4.90 Å². The first-order valence-corrected chi connectivity index (χ1v) is 9.56. The van der Waals surface area contributed by atoms with Crippen molar-refractivity contribution in [3.05, 3.63) is 59.4 Å². The number of hydrogen-bond donors (Lipinski definition) is 1. The lowest BCUT2D eigenvalue weighted by Crippen LogP contribution is -2.33. The van der Waals surface area contributed by atoms with Crippen molar-refractivity contribution in [2.45, 2.75) is 42.5 Å². The Hall–Kier alpha value is -2.34. The third kappa shape index (κ3) is 3.46. The number of carbonyl (C=O) groups excluding carboxylic acids is 2. The Morgan fingerprint density at radius 3 is 2.81 bits per heavy atom. The molecule has 0 radical (unpaired) electrons. The average molecular weight is 370 g/mol. The van der Waals surface area contributed by atoms with Gasteiger partial charge in [-0.3, -0.25) is 9.59 Å². The molecule has 1 heterocycles. The summed E-state index contributed by atoms with van der Waals surface area (Å²) in [5.41, 5.74) is 2.01. The Morgan fingerprint density at radius 2 is 2.08 bits per heavy atom. The minimum atomic E-state index is -0.298. The number of nitrogens with one attached hydrogen (secondary N) is 1. The van der Waals surface area contributed by atoms with E-state index in [0.717, 1.165) is 23.3 Å². The maximum atomic E-state index is 13.5. The van der Waals surface area contributed by atoms with Gasteiger partial charge in [-0.25, -0.2) is 4.39 Å². The summed E-state index contributed by atoms with van der Waals surface area (Å²) in [5.74, 6) is -0.434. The van der Waals surface area contributed by atoms with Gasteiger partial charge in [0.1, 0.15) is 5.82 Å². The summed E-state index contributed by atoms with van der Waals surface area (Å²) in [7, 11) is 0. The molecule has 0 bridgehead atoms. The maximum absolute atomic E-state index is 13.5. The van der Waals surface area contributed by atoms with Crippen LogP contribution < -0.4 is 5.32 Å². The van der Waals surface area contributed by atoms with E-state index < -0.39 is 0 Å². The molecule has 1 aliphatic carbocycles. The van der Waals surface area contributed by atoms with Crippen molar-refractivity contribution in [2.24, 2.45) is 0 Å². The van der Waals surface area contributed by atoms with Crippen molar-refractivity contribution in [3.63, 3.8) is 0 Å². The molecule has 2 aliphatic rings. The number of rotatable bonds is 4. The fourth-order valence-electron chi connectivity index (χ4n) is 3.09. The molecule has 4 nitrogen and oxygen atoms in total. The quantitative estimate of drug-likeness (QED) is 0.883. The van der Waals surface area contributed by atoms with E-state index in [1.165, 1.54) is 23.9 Å². The highest BCUT2D eigenvalue weighted by Gasteiger charge is 2.33. The predicted molar refractivity (Wildman–Crippen MR) is 99.7 cm³/mol. The molecule has 2 aromatic carbocycles. The molecule has 0 spiro atoms. The van der Waals surface area contributed by atoms with Gasteiger partial charge in [-0.05, 0) is 55.7 Å². The number of thioether (sulfide) groups is 1. The largest absolute Gasteiger partial charge is 0.331 e. The van der Waals surface area contributed by atoms with Gasteiger partial charge in [-0.1, -0.05) is 12.1 Å². The number of benzene rings is 2. The molecule has 6 heteroatoms. The number of anilines is 1.